The number of aryl methyl sites for hydroxylation is 1. The van der Waals surface area contributed by atoms with Gasteiger partial charge in [0.1, 0.15) is 0 Å². The minimum Gasteiger partial charge on any atom is -0.293 e. The van der Waals surface area contributed by atoms with Crippen molar-refractivity contribution in [3.8, 4) is 0 Å². The molecule has 0 atom stereocenters. The highest BCUT2D eigenvalue weighted by atomic mass is 32.2. The topological polar surface area (TPSA) is 47.3 Å². The number of benzene rings is 1. The summed E-state index contributed by atoms with van der Waals surface area (Å²) in [7, 11) is 0. The third-order valence-corrected chi connectivity index (χ3v) is 3.90. The lowest BCUT2D eigenvalue weighted by atomic mass is 10.1. The molecule has 0 spiro atoms. The Morgan fingerprint density at radius 1 is 1.20 bits per heavy atom. The molecule has 0 aliphatic rings. The average Bonchev–Trinajstić information content (AvgIpc) is 2.88. The van der Waals surface area contributed by atoms with E-state index >= 15 is 0 Å². The molecule has 0 N–H and O–H groups in total. The molecule has 0 aliphatic carbocycles. The van der Waals surface area contributed by atoms with Gasteiger partial charge in [-0.05, 0) is 25.1 Å². The SMILES string of the molecule is Cc1cccc(C(=O)CSc2nnc3ccccn23)c1. The Balaban J connectivity index is 1.75. The van der Waals surface area contributed by atoms with Crippen molar-refractivity contribution in [1.29, 1.82) is 0 Å². The monoisotopic (exact) mass is 283 g/mol. The number of aromatic nitrogens is 3. The summed E-state index contributed by atoms with van der Waals surface area (Å²) in [5.41, 5.74) is 2.62. The van der Waals surface area contributed by atoms with E-state index in [9.17, 15) is 4.79 Å². The van der Waals surface area contributed by atoms with Gasteiger partial charge in [0.25, 0.3) is 0 Å². The fourth-order valence-electron chi connectivity index (χ4n) is 1.95. The minimum absolute atomic E-state index is 0.103. The predicted molar refractivity (Wildman–Crippen MR) is 79.2 cm³/mol. The van der Waals surface area contributed by atoms with E-state index in [-0.39, 0.29) is 5.78 Å². The van der Waals surface area contributed by atoms with Gasteiger partial charge in [-0.15, -0.1) is 10.2 Å². The lowest BCUT2D eigenvalue weighted by Crippen LogP contribution is -2.03. The number of carbonyl (C=O) groups excluding carboxylic acids is 1. The van der Waals surface area contributed by atoms with Gasteiger partial charge >= 0.3 is 0 Å². The quantitative estimate of drug-likeness (QED) is 0.545. The van der Waals surface area contributed by atoms with E-state index in [0.29, 0.717) is 5.75 Å². The first-order valence-corrected chi connectivity index (χ1v) is 7.25. The molecule has 1 aromatic carbocycles. The number of carbonyl (C=O) groups is 1. The zero-order valence-electron chi connectivity index (χ0n) is 11.0. The zero-order valence-corrected chi connectivity index (χ0v) is 11.8. The summed E-state index contributed by atoms with van der Waals surface area (Å²) in [6.07, 6.45) is 1.90. The molecule has 20 heavy (non-hydrogen) atoms. The summed E-state index contributed by atoms with van der Waals surface area (Å²) in [4.78, 5) is 12.1. The van der Waals surface area contributed by atoms with Gasteiger partial charge < -0.3 is 0 Å². The molecule has 0 aliphatic heterocycles. The van der Waals surface area contributed by atoms with Crippen molar-refractivity contribution < 1.29 is 4.79 Å². The zero-order chi connectivity index (χ0) is 13.9. The Labute approximate surface area is 120 Å². The molecule has 0 saturated carbocycles. The van der Waals surface area contributed by atoms with Crippen molar-refractivity contribution in [2.24, 2.45) is 0 Å². The number of rotatable bonds is 4. The number of thioether (sulfide) groups is 1. The van der Waals surface area contributed by atoms with Gasteiger partial charge in [0.15, 0.2) is 16.6 Å². The number of nitrogens with zero attached hydrogens (tertiary/aromatic N) is 3. The van der Waals surface area contributed by atoms with E-state index in [1.165, 1.54) is 11.8 Å². The van der Waals surface area contributed by atoms with Crippen LogP contribution in [0.4, 0.5) is 0 Å². The van der Waals surface area contributed by atoms with E-state index in [1.807, 2.05) is 60.0 Å². The van der Waals surface area contributed by atoms with Crippen molar-refractivity contribution in [2.75, 3.05) is 5.75 Å². The second kappa shape index (κ2) is 5.46. The molecule has 0 radical (unpaired) electrons. The number of pyridine rings is 1. The molecule has 2 heterocycles. The van der Waals surface area contributed by atoms with Crippen LogP contribution in [0.1, 0.15) is 15.9 Å². The summed E-state index contributed by atoms with van der Waals surface area (Å²) in [5, 5.41) is 8.90. The number of Topliss-reactive ketones (excluding diaryl/α,β-unsaturated/α-hetero) is 1. The molecule has 0 unspecified atom stereocenters. The summed E-state index contributed by atoms with van der Waals surface area (Å²) in [6.45, 7) is 1.98. The molecule has 0 bridgehead atoms. The van der Waals surface area contributed by atoms with Crippen LogP contribution in [0, 0.1) is 6.92 Å². The summed E-state index contributed by atoms with van der Waals surface area (Å²) in [6, 6.07) is 13.4. The van der Waals surface area contributed by atoms with Crippen molar-refractivity contribution in [3.63, 3.8) is 0 Å². The molecule has 0 saturated heterocycles. The number of ketones is 1. The molecule has 4 nitrogen and oxygen atoms in total. The molecular formula is C15H13N3OS. The summed E-state index contributed by atoms with van der Waals surface area (Å²) < 4.78 is 1.88. The highest BCUT2D eigenvalue weighted by Gasteiger charge is 2.10. The maximum absolute atomic E-state index is 12.1. The van der Waals surface area contributed by atoms with Crippen LogP contribution in [0.15, 0.2) is 53.8 Å². The molecule has 0 amide bonds. The fraction of sp³-hybridized carbons (Fsp3) is 0.133. The number of fused-ring (bicyclic) bond motifs is 1. The van der Waals surface area contributed by atoms with Crippen molar-refractivity contribution in [3.05, 3.63) is 59.8 Å². The van der Waals surface area contributed by atoms with Crippen LogP contribution < -0.4 is 0 Å². The van der Waals surface area contributed by atoms with Crippen LogP contribution >= 0.6 is 11.8 Å². The van der Waals surface area contributed by atoms with E-state index in [0.717, 1.165) is 21.9 Å². The van der Waals surface area contributed by atoms with E-state index < -0.39 is 0 Å². The maximum Gasteiger partial charge on any atom is 0.196 e. The predicted octanol–water partition coefficient (Wildman–Crippen LogP) is 3.01. The van der Waals surface area contributed by atoms with Crippen LogP contribution in [0.25, 0.3) is 5.65 Å². The van der Waals surface area contributed by atoms with Crippen molar-refractivity contribution in [2.45, 2.75) is 12.1 Å². The van der Waals surface area contributed by atoms with Crippen molar-refractivity contribution in [1.82, 2.24) is 14.6 Å². The number of hydrogen-bond donors (Lipinski definition) is 0. The van der Waals surface area contributed by atoms with E-state index in [4.69, 9.17) is 0 Å². The smallest absolute Gasteiger partial charge is 0.196 e. The Hall–Kier alpha value is -2.14. The van der Waals surface area contributed by atoms with Crippen LogP contribution in [0.3, 0.4) is 0 Å². The molecule has 2 aromatic heterocycles. The van der Waals surface area contributed by atoms with Crippen LogP contribution in [-0.4, -0.2) is 26.1 Å². The lowest BCUT2D eigenvalue weighted by molar-refractivity contribution is 0.102. The molecule has 100 valence electrons. The third kappa shape index (κ3) is 2.58. The first-order chi connectivity index (χ1) is 9.74. The molecule has 0 fully saturated rings. The van der Waals surface area contributed by atoms with Crippen LogP contribution in [0.5, 0.6) is 0 Å². The third-order valence-electron chi connectivity index (χ3n) is 2.95. The largest absolute Gasteiger partial charge is 0.293 e. The van der Waals surface area contributed by atoms with Crippen LogP contribution in [-0.2, 0) is 0 Å². The van der Waals surface area contributed by atoms with Gasteiger partial charge in [-0.1, -0.05) is 41.6 Å². The van der Waals surface area contributed by atoms with Crippen LogP contribution in [0.2, 0.25) is 0 Å². The van der Waals surface area contributed by atoms with E-state index in [1.54, 1.807) is 0 Å². The summed E-state index contributed by atoms with van der Waals surface area (Å²) >= 11 is 1.41. The fourth-order valence-corrected chi connectivity index (χ4v) is 2.77. The highest BCUT2D eigenvalue weighted by molar-refractivity contribution is 7.99. The number of hydrogen-bond acceptors (Lipinski definition) is 4. The molecule has 3 aromatic rings. The molecule has 5 heteroatoms. The van der Waals surface area contributed by atoms with Gasteiger partial charge in [0, 0.05) is 11.8 Å². The summed E-state index contributed by atoms with van der Waals surface area (Å²) in [5.74, 6) is 0.463. The molecule has 3 rings (SSSR count). The normalized spacial score (nSPS) is 10.8. The van der Waals surface area contributed by atoms with Gasteiger partial charge in [0.2, 0.25) is 0 Å². The van der Waals surface area contributed by atoms with Gasteiger partial charge in [-0.2, -0.15) is 0 Å². The second-order valence-electron chi connectivity index (χ2n) is 4.49. The molecular weight excluding hydrogens is 270 g/mol. The van der Waals surface area contributed by atoms with Gasteiger partial charge in [0.05, 0.1) is 5.75 Å². The lowest BCUT2D eigenvalue weighted by Gasteiger charge is -2.01. The standard InChI is InChI=1S/C15H13N3OS/c1-11-5-4-6-12(9-11)13(19)10-20-15-17-16-14-7-2-3-8-18(14)15/h2-9H,10H2,1H3. The Morgan fingerprint density at radius 2 is 2.10 bits per heavy atom. The highest BCUT2D eigenvalue weighted by Crippen LogP contribution is 2.18. The van der Waals surface area contributed by atoms with Crippen molar-refractivity contribution >= 4 is 23.2 Å². The first-order valence-electron chi connectivity index (χ1n) is 6.26. The average molecular weight is 283 g/mol. The Kier molecular flexibility index (Phi) is 3.52. The van der Waals surface area contributed by atoms with Gasteiger partial charge in [-0.25, -0.2) is 0 Å². The maximum atomic E-state index is 12.1. The second-order valence-corrected chi connectivity index (χ2v) is 5.44. The minimum atomic E-state index is 0.103. The van der Waals surface area contributed by atoms with Gasteiger partial charge in [-0.3, -0.25) is 9.20 Å². The first kappa shape index (κ1) is 12.9. The van der Waals surface area contributed by atoms with E-state index in [2.05, 4.69) is 10.2 Å². The Bertz CT molecular complexity index is 766. The Morgan fingerprint density at radius 3 is 2.95 bits per heavy atom.